The molecule has 0 fully saturated rings. The van der Waals surface area contributed by atoms with Crippen LogP contribution in [0.15, 0.2) is 30.3 Å². The molecule has 0 radical (unpaired) electrons. The fourth-order valence-electron chi connectivity index (χ4n) is 2.22. The summed E-state index contributed by atoms with van der Waals surface area (Å²) in [6.45, 7) is 7.38. The summed E-state index contributed by atoms with van der Waals surface area (Å²) in [5.74, 6) is 0.893. The van der Waals surface area contributed by atoms with Crippen LogP contribution in [0.5, 0.6) is 0 Å². The van der Waals surface area contributed by atoms with Gasteiger partial charge in [-0.3, -0.25) is 4.57 Å². The minimum atomic E-state index is 0.282. The molecule has 0 aliphatic carbocycles. The molecule has 0 aliphatic rings. The highest BCUT2D eigenvalue weighted by Gasteiger charge is 2.17. The Morgan fingerprint density at radius 1 is 1.30 bits per heavy atom. The molecule has 1 aromatic heterocycles. The summed E-state index contributed by atoms with van der Waals surface area (Å²) < 4.78 is 2.74. The summed E-state index contributed by atoms with van der Waals surface area (Å²) in [4.78, 5) is 2.23. The van der Waals surface area contributed by atoms with Gasteiger partial charge in [0, 0.05) is 18.3 Å². The van der Waals surface area contributed by atoms with E-state index < -0.39 is 0 Å². The minimum Gasteiger partial charge on any atom is -0.311 e. The Balaban J connectivity index is 2.44. The number of nitrogens with zero attached hydrogens (tertiary/aromatic N) is 3. The molecule has 0 bridgehead atoms. The van der Waals surface area contributed by atoms with Crippen LogP contribution in [0.25, 0.3) is 0 Å². The summed E-state index contributed by atoms with van der Waals surface area (Å²) in [5.41, 5.74) is 1.15. The molecule has 2 rings (SSSR count). The smallest absolute Gasteiger partial charge is 0.230 e. The fraction of sp³-hybridized carbons (Fsp3) is 0.467. The van der Waals surface area contributed by atoms with E-state index >= 15 is 0 Å². The second-order valence-corrected chi connectivity index (χ2v) is 5.52. The lowest BCUT2D eigenvalue weighted by molar-refractivity contribution is 0.585. The van der Waals surface area contributed by atoms with Crippen LogP contribution in [-0.4, -0.2) is 21.3 Å². The maximum atomic E-state index is 5.35. The predicted molar refractivity (Wildman–Crippen MR) is 86.2 cm³/mol. The molecule has 0 aliphatic heterocycles. The van der Waals surface area contributed by atoms with Crippen molar-refractivity contribution in [3.63, 3.8) is 0 Å². The zero-order valence-corrected chi connectivity index (χ0v) is 13.2. The molecular formula is C15H22N4S. The molecule has 108 valence electrons. The zero-order valence-electron chi connectivity index (χ0n) is 12.3. The first kappa shape index (κ1) is 14.8. The van der Waals surface area contributed by atoms with Gasteiger partial charge in [-0.25, -0.2) is 5.10 Å². The van der Waals surface area contributed by atoms with Crippen molar-refractivity contribution in [2.45, 2.75) is 39.7 Å². The SMILES string of the molecule is CCCCN(c1ccccc1)c1n[nH]c(=S)n1C(C)C. The zero-order chi connectivity index (χ0) is 14.5. The van der Waals surface area contributed by atoms with Crippen molar-refractivity contribution in [2.75, 3.05) is 11.4 Å². The monoisotopic (exact) mass is 290 g/mol. The largest absolute Gasteiger partial charge is 0.311 e. The topological polar surface area (TPSA) is 36.9 Å². The van der Waals surface area contributed by atoms with Gasteiger partial charge in [-0.15, -0.1) is 5.10 Å². The molecule has 0 unspecified atom stereocenters. The van der Waals surface area contributed by atoms with Gasteiger partial charge >= 0.3 is 0 Å². The van der Waals surface area contributed by atoms with Crippen LogP contribution in [0.1, 0.15) is 39.7 Å². The van der Waals surface area contributed by atoms with Gasteiger partial charge < -0.3 is 4.90 Å². The number of rotatable bonds is 6. The van der Waals surface area contributed by atoms with Crippen LogP contribution < -0.4 is 4.90 Å². The van der Waals surface area contributed by atoms with Crippen LogP contribution in [0.3, 0.4) is 0 Å². The van der Waals surface area contributed by atoms with Gasteiger partial charge in [-0.2, -0.15) is 0 Å². The molecule has 0 saturated heterocycles. The van der Waals surface area contributed by atoms with E-state index in [1.807, 2.05) is 6.07 Å². The summed E-state index contributed by atoms with van der Waals surface area (Å²) in [6.07, 6.45) is 2.27. The quantitative estimate of drug-likeness (QED) is 0.798. The molecule has 0 saturated carbocycles. The van der Waals surface area contributed by atoms with Crippen molar-refractivity contribution in [2.24, 2.45) is 0 Å². The van der Waals surface area contributed by atoms with Gasteiger partial charge in [0.2, 0.25) is 5.95 Å². The van der Waals surface area contributed by atoms with Crippen molar-refractivity contribution in [3.8, 4) is 0 Å². The third-order valence-corrected chi connectivity index (χ3v) is 3.53. The number of hydrogen-bond donors (Lipinski definition) is 1. The molecule has 0 spiro atoms. The highest BCUT2D eigenvalue weighted by Crippen LogP contribution is 2.26. The standard InChI is InChI=1S/C15H22N4S/c1-4-5-11-18(13-9-7-6-8-10-13)14-16-17-15(20)19(14)12(2)3/h6-10,12H,4-5,11H2,1-3H3,(H,17,20). The maximum Gasteiger partial charge on any atom is 0.230 e. The molecule has 5 heteroatoms. The van der Waals surface area contributed by atoms with E-state index in [1.54, 1.807) is 0 Å². The van der Waals surface area contributed by atoms with Crippen molar-refractivity contribution in [1.29, 1.82) is 0 Å². The second kappa shape index (κ2) is 6.70. The van der Waals surface area contributed by atoms with Gasteiger partial charge in [0.25, 0.3) is 0 Å². The number of unbranched alkanes of at least 4 members (excludes halogenated alkanes) is 1. The van der Waals surface area contributed by atoms with Crippen molar-refractivity contribution in [3.05, 3.63) is 35.1 Å². The Morgan fingerprint density at radius 2 is 2.00 bits per heavy atom. The molecule has 1 aromatic carbocycles. The van der Waals surface area contributed by atoms with E-state index in [1.165, 1.54) is 0 Å². The number of aromatic nitrogens is 3. The summed E-state index contributed by atoms with van der Waals surface area (Å²) >= 11 is 5.35. The lowest BCUT2D eigenvalue weighted by Gasteiger charge is -2.25. The predicted octanol–water partition coefficient (Wildman–Crippen LogP) is 4.46. The lowest BCUT2D eigenvalue weighted by Crippen LogP contribution is -2.23. The number of benzene rings is 1. The van der Waals surface area contributed by atoms with Crippen molar-refractivity contribution in [1.82, 2.24) is 14.8 Å². The van der Waals surface area contributed by atoms with E-state index in [2.05, 4.69) is 64.7 Å². The number of anilines is 2. The maximum absolute atomic E-state index is 5.35. The van der Waals surface area contributed by atoms with E-state index in [9.17, 15) is 0 Å². The highest BCUT2D eigenvalue weighted by atomic mass is 32.1. The highest BCUT2D eigenvalue weighted by molar-refractivity contribution is 7.71. The molecule has 4 nitrogen and oxygen atoms in total. The molecule has 1 heterocycles. The molecule has 20 heavy (non-hydrogen) atoms. The van der Waals surface area contributed by atoms with E-state index in [4.69, 9.17) is 12.2 Å². The number of hydrogen-bond acceptors (Lipinski definition) is 3. The average Bonchev–Trinajstić information content (AvgIpc) is 2.82. The van der Waals surface area contributed by atoms with Crippen LogP contribution in [0.4, 0.5) is 11.6 Å². The van der Waals surface area contributed by atoms with Gasteiger partial charge in [0.1, 0.15) is 0 Å². The van der Waals surface area contributed by atoms with Crippen LogP contribution >= 0.6 is 12.2 Å². The van der Waals surface area contributed by atoms with E-state index in [-0.39, 0.29) is 6.04 Å². The third kappa shape index (κ3) is 3.10. The molecule has 0 atom stereocenters. The average molecular weight is 290 g/mol. The first-order valence-corrected chi connectivity index (χ1v) is 7.55. The Kier molecular flexibility index (Phi) is 4.95. The molecule has 1 N–H and O–H groups in total. The van der Waals surface area contributed by atoms with Gasteiger partial charge in [-0.1, -0.05) is 31.5 Å². The molecular weight excluding hydrogens is 268 g/mol. The normalized spacial score (nSPS) is 11.0. The summed E-state index contributed by atoms with van der Waals surface area (Å²) in [5, 5.41) is 7.36. The lowest BCUT2D eigenvalue weighted by atomic mass is 10.2. The van der Waals surface area contributed by atoms with Crippen LogP contribution in [0.2, 0.25) is 0 Å². The molecule has 2 aromatic rings. The van der Waals surface area contributed by atoms with E-state index in [0.29, 0.717) is 4.77 Å². The van der Waals surface area contributed by atoms with Crippen molar-refractivity contribution >= 4 is 23.9 Å². The molecule has 0 amide bonds. The van der Waals surface area contributed by atoms with Crippen LogP contribution in [0, 0.1) is 4.77 Å². The van der Waals surface area contributed by atoms with Gasteiger partial charge in [-0.05, 0) is 44.6 Å². The first-order valence-electron chi connectivity index (χ1n) is 7.14. The number of aromatic amines is 1. The Morgan fingerprint density at radius 3 is 2.60 bits per heavy atom. The number of nitrogens with one attached hydrogen (secondary N) is 1. The summed E-state index contributed by atoms with van der Waals surface area (Å²) in [7, 11) is 0. The minimum absolute atomic E-state index is 0.282. The number of H-pyrrole nitrogens is 1. The van der Waals surface area contributed by atoms with Gasteiger partial charge in [0.15, 0.2) is 4.77 Å². The Labute approximate surface area is 125 Å². The van der Waals surface area contributed by atoms with E-state index in [0.717, 1.165) is 31.0 Å². The fourth-order valence-corrected chi connectivity index (χ4v) is 2.56. The third-order valence-electron chi connectivity index (χ3n) is 3.25. The Bertz CT molecular complexity index is 585. The van der Waals surface area contributed by atoms with Crippen LogP contribution in [-0.2, 0) is 0 Å². The van der Waals surface area contributed by atoms with Crippen molar-refractivity contribution < 1.29 is 0 Å². The first-order chi connectivity index (χ1) is 9.65. The second-order valence-electron chi connectivity index (χ2n) is 5.13. The number of para-hydroxylation sites is 1. The summed E-state index contributed by atoms with van der Waals surface area (Å²) in [6, 6.07) is 10.6. The van der Waals surface area contributed by atoms with Gasteiger partial charge in [0.05, 0.1) is 0 Å². The Hall–Kier alpha value is -1.62.